The van der Waals surface area contributed by atoms with Crippen LogP contribution in [0.3, 0.4) is 0 Å². The Morgan fingerprint density at radius 2 is 1.86 bits per heavy atom. The van der Waals surface area contributed by atoms with E-state index in [1.165, 1.54) is 29.5 Å². The third-order valence-corrected chi connectivity index (χ3v) is 5.82. The molecular weight excluding hydrogens is 352 g/mol. The number of amides is 2. The molecule has 4 rings (SSSR count). The van der Waals surface area contributed by atoms with Gasteiger partial charge in [-0.1, -0.05) is 0 Å². The normalized spacial score (nSPS) is 17.8. The highest BCUT2D eigenvalue weighted by Gasteiger charge is 2.24. The van der Waals surface area contributed by atoms with Gasteiger partial charge in [0.05, 0.1) is 6.54 Å². The number of rotatable bonds is 4. The largest absolute Gasteiger partial charge is 0.358 e. The van der Waals surface area contributed by atoms with E-state index >= 15 is 0 Å². The minimum atomic E-state index is 0.0532. The van der Waals surface area contributed by atoms with Crippen molar-refractivity contribution >= 4 is 22.7 Å². The topological polar surface area (TPSA) is 68.4 Å². The first-order valence-corrected chi connectivity index (χ1v) is 10.5. The van der Waals surface area contributed by atoms with Crippen LogP contribution in [-0.2, 0) is 17.6 Å². The molecule has 2 N–H and O–H groups in total. The molecule has 2 aliphatic rings. The number of carbonyl (C=O) groups is 2. The number of benzene rings is 1. The van der Waals surface area contributed by atoms with Crippen molar-refractivity contribution in [1.29, 1.82) is 0 Å². The second-order valence-corrected chi connectivity index (χ2v) is 8.34. The summed E-state index contributed by atoms with van der Waals surface area (Å²) in [6.07, 6.45) is 4.68. The number of nitrogens with one attached hydrogen (secondary N) is 2. The number of aryl methyl sites for hydroxylation is 2. The predicted molar refractivity (Wildman–Crippen MR) is 111 cm³/mol. The second-order valence-electron chi connectivity index (χ2n) is 8.34. The predicted octanol–water partition coefficient (Wildman–Crippen LogP) is 2.33. The molecule has 0 unspecified atom stereocenters. The Hall–Kier alpha value is -2.34. The van der Waals surface area contributed by atoms with Crippen molar-refractivity contribution < 1.29 is 9.59 Å². The first-order valence-electron chi connectivity index (χ1n) is 10.5. The number of piperazine rings is 1. The maximum atomic E-state index is 13.0. The van der Waals surface area contributed by atoms with Gasteiger partial charge in [0.1, 0.15) is 0 Å². The summed E-state index contributed by atoms with van der Waals surface area (Å²) < 4.78 is 0. The van der Waals surface area contributed by atoms with Crippen molar-refractivity contribution in [2.24, 2.45) is 0 Å². The molecule has 2 amide bonds. The lowest BCUT2D eigenvalue weighted by Gasteiger charge is -2.34. The van der Waals surface area contributed by atoms with Gasteiger partial charge in [0.15, 0.2) is 0 Å². The van der Waals surface area contributed by atoms with Crippen LogP contribution in [-0.4, -0.2) is 65.4 Å². The fourth-order valence-electron chi connectivity index (χ4n) is 4.40. The maximum absolute atomic E-state index is 13.0. The Bertz CT molecular complexity index is 878. The molecule has 2 aromatic rings. The number of hydrogen-bond acceptors (Lipinski definition) is 3. The van der Waals surface area contributed by atoms with Gasteiger partial charge in [0.25, 0.3) is 5.91 Å². The average Bonchev–Trinajstić information content (AvgIpc) is 3.05. The number of H-pyrrole nitrogens is 1. The van der Waals surface area contributed by atoms with Gasteiger partial charge in [-0.2, -0.15) is 0 Å². The van der Waals surface area contributed by atoms with E-state index in [9.17, 15) is 9.59 Å². The zero-order valence-electron chi connectivity index (χ0n) is 16.9. The highest BCUT2D eigenvalue weighted by molar-refractivity contribution is 5.99. The molecule has 6 nitrogen and oxygen atoms in total. The second kappa shape index (κ2) is 7.95. The highest BCUT2D eigenvalue weighted by Crippen LogP contribution is 2.30. The first-order chi connectivity index (χ1) is 13.5. The highest BCUT2D eigenvalue weighted by atomic mass is 16.2. The van der Waals surface area contributed by atoms with E-state index in [-0.39, 0.29) is 17.9 Å². The van der Waals surface area contributed by atoms with Crippen LogP contribution in [0.2, 0.25) is 0 Å². The van der Waals surface area contributed by atoms with E-state index in [0.717, 1.165) is 37.0 Å². The zero-order valence-corrected chi connectivity index (χ0v) is 16.9. The summed E-state index contributed by atoms with van der Waals surface area (Å²) in [5, 5.41) is 4.14. The number of fused-ring (bicyclic) bond motifs is 3. The molecule has 0 bridgehead atoms. The monoisotopic (exact) mass is 382 g/mol. The van der Waals surface area contributed by atoms with Crippen LogP contribution >= 0.6 is 0 Å². The van der Waals surface area contributed by atoms with Gasteiger partial charge in [0, 0.05) is 54.4 Å². The number of hydrogen-bond donors (Lipinski definition) is 2. The number of aromatic amines is 1. The molecule has 0 saturated carbocycles. The van der Waals surface area contributed by atoms with Crippen LogP contribution in [0.25, 0.3) is 10.9 Å². The van der Waals surface area contributed by atoms with Gasteiger partial charge < -0.3 is 15.2 Å². The molecule has 1 aromatic carbocycles. The third-order valence-electron chi connectivity index (χ3n) is 5.82. The fraction of sp³-hybridized carbons (Fsp3) is 0.545. The average molecular weight is 383 g/mol. The Labute approximate surface area is 166 Å². The first kappa shape index (κ1) is 19.0. The van der Waals surface area contributed by atoms with Crippen LogP contribution in [0.5, 0.6) is 0 Å². The van der Waals surface area contributed by atoms with Crippen LogP contribution in [0, 0.1) is 0 Å². The smallest absolute Gasteiger partial charge is 0.253 e. The molecule has 0 radical (unpaired) electrons. The summed E-state index contributed by atoms with van der Waals surface area (Å²) >= 11 is 0. The molecule has 150 valence electrons. The molecule has 1 aromatic heterocycles. The number of nitrogens with zero attached hydrogens (tertiary/aromatic N) is 2. The van der Waals surface area contributed by atoms with Gasteiger partial charge in [-0.05, 0) is 63.3 Å². The van der Waals surface area contributed by atoms with Crippen LogP contribution in [0.4, 0.5) is 0 Å². The van der Waals surface area contributed by atoms with Gasteiger partial charge in [-0.15, -0.1) is 0 Å². The maximum Gasteiger partial charge on any atom is 0.253 e. The van der Waals surface area contributed by atoms with Crippen LogP contribution in [0.15, 0.2) is 18.2 Å². The van der Waals surface area contributed by atoms with E-state index in [4.69, 9.17) is 0 Å². The molecule has 0 atom stereocenters. The van der Waals surface area contributed by atoms with Crippen molar-refractivity contribution in [1.82, 2.24) is 20.1 Å². The molecular formula is C22H30N4O2. The summed E-state index contributed by atoms with van der Waals surface area (Å²) in [4.78, 5) is 32.5. The van der Waals surface area contributed by atoms with Gasteiger partial charge in [-0.25, -0.2) is 0 Å². The van der Waals surface area contributed by atoms with Gasteiger partial charge in [-0.3, -0.25) is 14.5 Å². The van der Waals surface area contributed by atoms with E-state index in [1.54, 1.807) is 0 Å². The van der Waals surface area contributed by atoms with Crippen LogP contribution in [0.1, 0.15) is 48.3 Å². The summed E-state index contributed by atoms with van der Waals surface area (Å²) in [6.45, 7) is 7.13. The molecule has 1 aliphatic heterocycles. The Kier molecular flexibility index (Phi) is 5.40. The summed E-state index contributed by atoms with van der Waals surface area (Å²) in [7, 11) is 0. The van der Waals surface area contributed by atoms with Gasteiger partial charge >= 0.3 is 0 Å². The zero-order chi connectivity index (χ0) is 19.7. The Morgan fingerprint density at radius 3 is 2.61 bits per heavy atom. The summed E-state index contributed by atoms with van der Waals surface area (Å²) in [5.41, 5.74) is 4.66. The number of carbonyl (C=O) groups excluding carboxylic acids is 2. The Morgan fingerprint density at radius 1 is 1.11 bits per heavy atom. The van der Waals surface area contributed by atoms with Crippen molar-refractivity contribution in [3.8, 4) is 0 Å². The summed E-state index contributed by atoms with van der Waals surface area (Å²) in [5.74, 6) is 0.149. The molecule has 28 heavy (non-hydrogen) atoms. The molecule has 1 aliphatic carbocycles. The standard InChI is InChI=1S/C22H30N4O2/c1-15(2)23-21(27)14-25-9-11-26(12-10-25)22(28)16-7-8-20-18(13-16)17-5-3-4-6-19(17)24-20/h7-8,13,15,24H,3-6,9-12,14H2,1-2H3,(H,23,27). The Balaban J connectivity index is 1.41. The van der Waals surface area contributed by atoms with Crippen molar-refractivity contribution in [2.75, 3.05) is 32.7 Å². The van der Waals surface area contributed by atoms with Crippen LogP contribution < -0.4 is 5.32 Å². The van der Waals surface area contributed by atoms with E-state index in [2.05, 4.69) is 21.3 Å². The lowest BCUT2D eigenvalue weighted by atomic mass is 9.95. The fourth-order valence-corrected chi connectivity index (χ4v) is 4.40. The SMILES string of the molecule is CC(C)NC(=O)CN1CCN(C(=O)c2ccc3[nH]c4c(c3c2)CCCC4)CC1. The van der Waals surface area contributed by atoms with Gasteiger partial charge in [0.2, 0.25) is 5.91 Å². The summed E-state index contributed by atoms with van der Waals surface area (Å²) in [6, 6.07) is 6.22. The van der Waals surface area contributed by atoms with Crippen molar-refractivity contribution in [3.63, 3.8) is 0 Å². The lowest BCUT2D eigenvalue weighted by molar-refractivity contribution is -0.123. The van der Waals surface area contributed by atoms with E-state index in [0.29, 0.717) is 19.6 Å². The molecule has 1 fully saturated rings. The quantitative estimate of drug-likeness (QED) is 0.853. The minimum absolute atomic E-state index is 0.0532. The molecule has 0 spiro atoms. The molecule has 1 saturated heterocycles. The van der Waals surface area contributed by atoms with E-state index in [1.807, 2.05) is 30.9 Å². The van der Waals surface area contributed by atoms with Crippen molar-refractivity contribution in [3.05, 3.63) is 35.0 Å². The van der Waals surface area contributed by atoms with Crippen molar-refractivity contribution in [2.45, 2.75) is 45.6 Å². The molecule has 2 heterocycles. The lowest BCUT2D eigenvalue weighted by Crippen LogP contribution is -2.51. The minimum Gasteiger partial charge on any atom is -0.358 e. The molecule has 6 heteroatoms. The number of aromatic nitrogens is 1. The third kappa shape index (κ3) is 3.92. The van der Waals surface area contributed by atoms with E-state index < -0.39 is 0 Å².